The third kappa shape index (κ3) is 6.01. The van der Waals surface area contributed by atoms with Crippen LogP contribution in [0.15, 0.2) is 28.7 Å². The van der Waals surface area contributed by atoms with Crippen LogP contribution in [-0.2, 0) is 13.0 Å². The van der Waals surface area contributed by atoms with Crippen molar-refractivity contribution in [2.45, 2.75) is 32.7 Å². The Hall–Kier alpha value is -2.15. The summed E-state index contributed by atoms with van der Waals surface area (Å²) < 4.78 is 5.73. The van der Waals surface area contributed by atoms with Crippen molar-refractivity contribution in [3.05, 3.63) is 40.0 Å². The van der Waals surface area contributed by atoms with Crippen molar-refractivity contribution >= 4 is 17.3 Å². The minimum Gasteiger partial charge on any atom is -0.477 e. The molecule has 0 radical (unpaired) electrons. The Balaban J connectivity index is 1.41. The molecule has 1 saturated carbocycles. The molecule has 134 valence electrons. The summed E-state index contributed by atoms with van der Waals surface area (Å²) >= 11 is 1.68. The molecule has 2 aromatic heterocycles. The number of pyridine rings is 1. The summed E-state index contributed by atoms with van der Waals surface area (Å²) in [5.41, 5.74) is 2.25. The molecule has 1 fully saturated rings. The van der Waals surface area contributed by atoms with Crippen LogP contribution < -0.4 is 15.4 Å². The first-order chi connectivity index (χ1) is 12.2. The van der Waals surface area contributed by atoms with Crippen LogP contribution in [0.2, 0.25) is 0 Å². The smallest absolute Gasteiger partial charge is 0.213 e. The minimum atomic E-state index is 0.678. The maximum absolute atomic E-state index is 5.73. The number of hydrogen-bond donors (Lipinski definition) is 2. The van der Waals surface area contributed by atoms with Gasteiger partial charge in [-0.15, -0.1) is 11.3 Å². The van der Waals surface area contributed by atoms with Crippen molar-refractivity contribution in [3.63, 3.8) is 0 Å². The highest BCUT2D eigenvalue weighted by Crippen LogP contribution is 2.29. The van der Waals surface area contributed by atoms with Gasteiger partial charge in [-0.2, -0.15) is 0 Å². The highest BCUT2D eigenvalue weighted by atomic mass is 32.1. The van der Waals surface area contributed by atoms with Crippen LogP contribution in [0.5, 0.6) is 5.88 Å². The fourth-order valence-electron chi connectivity index (χ4n) is 2.37. The van der Waals surface area contributed by atoms with E-state index in [0.29, 0.717) is 12.4 Å². The second-order valence-electron chi connectivity index (χ2n) is 6.22. The van der Waals surface area contributed by atoms with Gasteiger partial charge in [-0.1, -0.05) is 0 Å². The van der Waals surface area contributed by atoms with Crippen molar-refractivity contribution in [1.29, 1.82) is 0 Å². The van der Waals surface area contributed by atoms with E-state index in [2.05, 4.69) is 31.0 Å². The van der Waals surface area contributed by atoms with Gasteiger partial charge in [-0.05, 0) is 37.3 Å². The molecule has 3 rings (SSSR count). The molecule has 1 aliphatic rings. The summed E-state index contributed by atoms with van der Waals surface area (Å²) in [6, 6.07) is 3.98. The summed E-state index contributed by atoms with van der Waals surface area (Å²) in [4.78, 5) is 13.0. The molecule has 7 heteroatoms. The van der Waals surface area contributed by atoms with E-state index >= 15 is 0 Å². The summed E-state index contributed by atoms with van der Waals surface area (Å²) in [5.74, 6) is 2.21. The van der Waals surface area contributed by atoms with Crippen LogP contribution in [0.4, 0.5) is 0 Å². The van der Waals surface area contributed by atoms with Gasteiger partial charge in [-0.25, -0.2) is 9.97 Å². The van der Waals surface area contributed by atoms with Crippen LogP contribution in [0.1, 0.15) is 29.1 Å². The summed E-state index contributed by atoms with van der Waals surface area (Å²) in [7, 11) is 1.78. The fraction of sp³-hybridized carbons (Fsp3) is 0.500. The number of nitrogens with one attached hydrogen (secondary N) is 2. The van der Waals surface area contributed by atoms with E-state index in [9.17, 15) is 0 Å². The highest BCUT2D eigenvalue weighted by Gasteiger charge is 2.22. The predicted octanol–water partition coefficient (Wildman–Crippen LogP) is 2.54. The summed E-state index contributed by atoms with van der Waals surface area (Å²) in [6.07, 6.45) is 5.24. The van der Waals surface area contributed by atoms with Gasteiger partial charge in [-0.3, -0.25) is 4.99 Å². The molecule has 1 aliphatic carbocycles. The SMILES string of the molecule is CN=C(NCCc1csc(C)n1)NCc1ccnc(OCC2CC2)c1. The zero-order valence-corrected chi connectivity index (χ0v) is 15.6. The van der Waals surface area contributed by atoms with Crippen molar-refractivity contribution in [2.24, 2.45) is 10.9 Å². The second-order valence-corrected chi connectivity index (χ2v) is 7.28. The van der Waals surface area contributed by atoms with Crippen molar-refractivity contribution in [1.82, 2.24) is 20.6 Å². The van der Waals surface area contributed by atoms with Gasteiger partial charge in [0.1, 0.15) is 0 Å². The Kier molecular flexibility index (Phi) is 6.22. The Labute approximate surface area is 152 Å². The first kappa shape index (κ1) is 17.7. The number of ether oxygens (including phenoxy) is 1. The molecule has 2 N–H and O–H groups in total. The van der Waals surface area contributed by atoms with Gasteiger partial charge >= 0.3 is 0 Å². The molecule has 0 atom stereocenters. The average molecular weight is 359 g/mol. The van der Waals surface area contributed by atoms with Gasteiger partial charge < -0.3 is 15.4 Å². The highest BCUT2D eigenvalue weighted by molar-refractivity contribution is 7.09. The van der Waals surface area contributed by atoms with Gasteiger partial charge in [0.25, 0.3) is 0 Å². The van der Waals surface area contributed by atoms with Gasteiger partial charge in [0.15, 0.2) is 5.96 Å². The molecule has 0 amide bonds. The lowest BCUT2D eigenvalue weighted by Gasteiger charge is -2.12. The Morgan fingerprint density at radius 3 is 3.00 bits per heavy atom. The number of aryl methyl sites for hydroxylation is 1. The van der Waals surface area contributed by atoms with E-state index in [4.69, 9.17) is 4.74 Å². The van der Waals surface area contributed by atoms with E-state index in [1.54, 1.807) is 24.6 Å². The summed E-state index contributed by atoms with van der Waals surface area (Å²) in [6.45, 7) is 4.29. The van der Waals surface area contributed by atoms with E-state index in [0.717, 1.165) is 47.7 Å². The first-order valence-corrected chi connectivity index (χ1v) is 9.54. The number of guanidine groups is 1. The number of nitrogens with zero attached hydrogens (tertiary/aromatic N) is 3. The van der Waals surface area contributed by atoms with E-state index in [1.807, 2.05) is 19.1 Å². The molecule has 0 spiro atoms. The molecule has 0 aliphatic heterocycles. The predicted molar refractivity (Wildman–Crippen MR) is 101 cm³/mol. The number of hydrogen-bond acceptors (Lipinski definition) is 5. The van der Waals surface area contributed by atoms with Crippen molar-refractivity contribution in [3.8, 4) is 5.88 Å². The molecular weight excluding hydrogens is 334 g/mol. The zero-order chi connectivity index (χ0) is 17.5. The molecule has 2 heterocycles. The maximum Gasteiger partial charge on any atom is 0.213 e. The second kappa shape index (κ2) is 8.80. The van der Waals surface area contributed by atoms with E-state index in [1.165, 1.54) is 12.8 Å². The van der Waals surface area contributed by atoms with E-state index < -0.39 is 0 Å². The monoisotopic (exact) mass is 359 g/mol. The van der Waals surface area contributed by atoms with Crippen LogP contribution in [0.25, 0.3) is 0 Å². The van der Waals surface area contributed by atoms with Crippen molar-refractivity contribution in [2.75, 3.05) is 20.2 Å². The van der Waals surface area contributed by atoms with Crippen LogP contribution in [0.3, 0.4) is 0 Å². The lowest BCUT2D eigenvalue weighted by Crippen LogP contribution is -2.37. The lowest BCUT2D eigenvalue weighted by molar-refractivity contribution is 0.288. The largest absolute Gasteiger partial charge is 0.477 e. The van der Waals surface area contributed by atoms with Gasteiger partial charge in [0.2, 0.25) is 5.88 Å². The van der Waals surface area contributed by atoms with Gasteiger partial charge in [0, 0.05) is 44.2 Å². The minimum absolute atomic E-state index is 0.678. The number of rotatable bonds is 8. The molecule has 25 heavy (non-hydrogen) atoms. The van der Waals surface area contributed by atoms with Crippen LogP contribution in [0, 0.1) is 12.8 Å². The zero-order valence-electron chi connectivity index (χ0n) is 14.8. The summed E-state index contributed by atoms with van der Waals surface area (Å²) in [5, 5.41) is 9.85. The third-order valence-corrected chi connectivity index (χ3v) is 4.81. The fourth-order valence-corrected chi connectivity index (χ4v) is 3.01. The molecule has 2 aromatic rings. The molecular formula is C18H25N5OS. The Bertz CT molecular complexity index is 711. The molecule has 0 bridgehead atoms. The quantitative estimate of drug-likeness (QED) is 0.560. The third-order valence-electron chi connectivity index (χ3n) is 3.99. The lowest BCUT2D eigenvalue weighted by atomic mass is 10.2. The van der Waals surface area contributed by atoms with Crippen LogP contribution in [-0.4, -0.2) is 36.1 Å². The number of thiazole rings is 1. The van der Waals surface area contributed by atoms with E-state index in [-0.39, 0.29) is 0 Å². The van der Waals surface area contributed by atoms with Gasteiger partial charge in [0.05, 0.1) is 17.3 Å². The topological polar surface area (TPSA) is 71.4 Å². The normalized spacial score (nSPS) is 14.4. The number of aromatic nitrogens is 2. The van der Waals surface area contributed by atoms with Crippen LogP contribution >= 0.6 is 11.3 Å². The standard InChI is InChI=1S/C18H25N5OS/c1-13-23-16(12-25-13)6-8-21-18(19-2)22-10-15-5-7-20-17(9-15)24-11-14-3-4-14/h5,7,9,12,14H,3-4,6,8,10-11H2,1-2H3,(H2,19,21,22). The average Bonchev–Trinajstić information content (AvgIpc) is 3.37. The Morgan fingerprint density at radius 1 is 1.40 bits per heavy atom. The number of aliphatic imine (C=N–C) groups is 1. The first-order valence-electron chi connectivity index (χ1n) is 8.66. The molecule has 0 saturated heterocycles. The molecule has 0 aromatic carbocycles. The molecule has 0 unspecified atom stereocenters. The Morgan fingerprint density at radius 2 is 2.28 bits per heavy atom. The molecule has 6 nitrogen and oxygen atoms in total. The van der Waals surface area contributed by atoms with Crippen molar-refractivity contribution < 1.29 is 4.74 Å². The maximum atomic E-state index is 5.73.